The highest BCUT2D eigenvalue weighted by molar-refractivity contribution is 6.09. The fraction of sp³-hybridized carbons (Fsp3) is 0.115. The number of rotatable bonds is 10. The number of para-hydroxylation sites is 1. The number of benzene rings is 3. The van der Waals surface area contributed by atoms with E-state index in [1.54, 1.807) is 25.1 Å². The summed E-state index contributed by atoms with van der Waals surface area (Å²) in [6.07, 6.45) is 1.31. The molecule has 0 fully saturated rings. The average Bonchev–Trinajstić information content (AvgIpc) is 2.88. The number of nitrogens with one attached hydrogen (secondary N) is 2. The van der Waals surface area contributed by atoms with Crippen molar-refractivity contribution in [3.8, 4) is 17.6 Å². The lowest BCUT2D eigenvalue weighted by molar-refractivity contribution is -0.384. The van der Waals surface area contributed by atoms with Crippen molar-refractivity contribution in [3.05, 3.63) is 93.8 Å². The molecule has 0 bridgehead atoms. The molecule has 0 saturated heterocycles. The number of carbonyl (C=O) groups is 2. The van der Waals surface area contributed by atoms with Gasteiger partial charge in [-0.25, -0.2) is 4.39 Å². The summed E-state index contributed by atoms with van der Waals surface area (Å²) in [5.41, 5.74) is 0.144. The van der Waals surface area contributed by atoms with E-state index in [2.05, 4.69) is 10.6 Å². The maximum Gasteiger partial charge on any atom is 0.271 e. The Morgan fingerprint density at radius 2 is 1.84 bits per heavy atom. The SMILES string of the molecule is CCOc1cc(/C=C(/C#N)C(=O)Nc2cccc([N+](=O)[O-])c2)ccc1OCC(=O)Nc1ccccc1F. The van der Waals surface area contributed by atoms with Crippen LogP contribution in [0.15, 0.2) is 72.3 Å². The van der Waals surface area contributed by atoms with E-state index in [9.17, 15) is 29.4 Å². The molecule has 0 aliphatic rings. The Balaban J connectivity index is 1.73. The number of anilines is 2. The van der Waals surface area contributed by atoms with Crippen LogP contribution in [0.1, 0.15) is 12.5 Å². The van der Waals surface area contributed by atoms with Crippen LogP contribution in [-0.2, 0) is 9.59 Å². The van der Waals surface area contributed by atoms with Gasteiger partial charge < -0.3 is 20.1 Å². The smallest absolute Gasteiger partial charge is 0.271 e. The largest absolute Gasteiger partial charge is 0.490 e. The van der Waals surface area contributed by atoms with E-state index in [4.69, 9.17) is 9.47 Å². The van der Waals surface area contributed by atoms with Crippen molar-refractivity contribution in [2.75, 3.05) is 23.8 Å². The topological polar surface area (TPSA) is 144 Å². The summed E-state index contributed by atoms with van der Waals surface area (Å²) in [6.45, 7) is 1.59. The molecule has 0 unspecified atom stereocenters. The first-order valence-electron chi connectivity index (χ1n) is 10.9. The Bertz CT molecular complexity index is 1400. The summed E-state index contributed by atoms with van der Waals surface area (Å²) >= 11 is 0. The zero-order valence-corrected chi connectivity index (χ0v) is 19.6. The monoisotopic (exact) mass is 504 g/mol. The predicted molar refractivity (Wildman–Crippen MR) is 133 cm³/mol. The van der Waals surface area contributed by atoms with Gasteiger partial charge in [-0.1, -0.05) is 24.3 Å². The molecule has 2 N–H and O–H groups in total. The van der Waals surface area contributed by atoms with E-state index in [1.807, 2.05) is 0 Å². The number of non-ortho nitro benzene ring substituents is 1. The molecular weight excluding hydrogens is 483 g/mol. The Kier molecular flexibility index (Phi) is 8.88. The van der Waals surface area contributed by atoms with Crippen molar-refractivity contribution < 1.29 is 28.4 Å². The summed E-state index contributed by atoms with van der Waals surface area (Å²) in [5.74, 6) is -1.44. The molecule has 2 amide bonds. The highest BCUT2D eigenvalue weighted by Crippen LogP contribution is 2.30. The van der Waals surface area contributed by atoms with Crippen molar-refractivity contribution in [2.24, 2.45) is 0 Å². The van der Waals surface area contributed by atoms with Crippen LogP contribution >= 0.6 is 0 Å². The van der Waals surface area contributed by atoms with Gasteiger partial charge in [0.25, 0.3) is 17.5 Å². The van der Waals surface area contributed by atoms with Crippen molar-refractivity contribution in [3.63, 3.8) is 0 Å². The lowest BCUT2D eigenvalue weighted by atomic mass is 10.1. The van der Waals surface area contributed by atoms with Crippen molar-refractivity contribution in [2.45, 2.75) is 6.92 Å². The first-order chi connectivity index (χ1) is 17.8. The average molecular weight is 504 g/mol. The Labute approximate surface area is 211 Å². The second kappa shape index (κ2) is 12.5. The van der Waals surface area contributed by atoms with Gasteiger partial charge in [0.05, 0.1) is 17.2 Å². The molecule has 0 heterocycles. The molecule has 0 aliphatic carbocycles. The molecule has 0 aliphatic heterocycles. The molecule has 3 aromatic carbocycles. The number of hydrogen-bond acceptors (Lipinski definition) is 7. The van der Waals surface area contributed by atoms with Crippen LogP contribution in [0.3, 0.4) is 0 Å². The maximum absolute atomic E-state index is 13.7. The third-order valence-electron chi connectivity index (χ3n) is 4.77. The summed E-state index contributed by atoms with van der Waals surface area (Å²) < 4.78 is 24.8. The number of carbonyl (C=O) groups excluding carboxylic acids is 2. The zero-order valence-electron chi connectivity index (χ0n) is 19.6. The Hall–Kier alpha value is -5.24. The molecule has 0 saturated carbocycles. The number of nitro benzene ring substituents is 1. The molecule has 3 aromatic rings. The van der Waals surface area contributed by atoms with Gasteiger partial charge in [-0.05, 0) is 48.9 Å². The molecule has 37 heavy (non-hydrogen) atoms. The molecule has 3 rings (SSSR count). The quantitative estimate of drug-likeness (QED) is 0.176. The van der Waals surface area contributed by atoms with E-state index >= 15 is 0 Å². The van der Waals surface area contributed by atoms with Gasteiger partial charge in [0.15, 0.2) is 18.1 Å². The summed E-state index contributed by atoms with van der Waals surface area (Å²) in [7, 11) is 0. The molecular formula is C26H21FN4O6. The number of halogens is 1. The zero-order chi connectivity index (χ0) is 26.8. The van der Waals surface area contributed by atoms with Gasteiger partial charge in [-0.2, -0.15) is 5.26 Å². The van der Waals surface area contributed by atoms with Gasteiger partial charge in [-0.3, -0.25) is 19.7 Å². The fourth-order valence-corrected chi connectivity index (χ4v) is 3.11. The Morgan fingerprint density at radius 1 is 1.05 bits per heavy atom. The number of nitriles is 1. The number of nitro groups is 1. The van der Waals surface area contributed by atoms with Crippen LogP contribution in [0.25, 0.3) is 6.08 Å². The fourth-order valence-electron chi connectivity index (χ4n) is 3.11. The van der Waals surface area contributed by atoms with Crippen LogP contribution in [0, 0.1) is 27.3 Å². The molecule has 0 radical (unpaired) electrons. The molecule has 0 aromatic heterocycles. The van der Waals surface area contributed by atoms with Gasteiger partial charge in [0.1, 0.15) is 17.5 Å². The normalized spacial score (nSPS) is 10.7. The van der Waals surface area contributed by atoms with E-state index in [0.717, 1.165) is 0 Å². The lowest BCUT2D eigenvalue weighted by Gasteiger charge is -2.13. The summed E-state index contributed by atoms with van der Waals surface area (Å²) in [6, 6.07) is 17.4. The first-order valence-corrected chi connectivity index (χ1v) is 10.9. The number of hydrogen-bond donors (Lipinski definition) is 2. The van der Waals surface area contributed by atoms with Gasteiger partial charge in [0.2, 0.25) is 0 Å². The third-order valence-corrected chi connectivity index (χ3v) is 4.77. The molecule has 0 atom stereocenters. The van der Waals surface area contributed by atoms with Gasteiger partial charge >= 0.3 is 0 Å². The molecule has 188 valence electrons. The minimum Gasteiger partial charge on any atom is -0.490 e. The summed E-state index contributed by atoms with van der Waals surface area (Å²) in [4.78, 5) is 35.1. The maximum atomic E-state index is 13.7. The van der Waals surface area contributed by atoms with Crippen molar-refractivity contribution in [1.82, 2.24) is 0 Å². The standard InChI is InChI=1S/C26H21FN4O6/c1-2-36-24-13-17(10-11-23(24)37-16-25(32)30-22-9-4-3-8-21(22)27)12-18(15-28)26(33)29-19-6-5-7-20(14-19)31(34)35/h3-14H,2,16H2,1H3,(H,29,33)(H,30,32)/b18-12-. The summed E-state index contributed by atoms with van der Waals surface area (Å²) in [5, 5.41) is 25.3. The van der Waals surface area contributed by atoms with Crippen LogP contribution in [-0.4, -0.2) is 30.0 Å². The molecule has 0 spiro atoms. The second-order valence-electron chi connectivity index (χ2n) is 7.39. The number of ether oxygens (including phenoxy) is 2. The van der Waals surface area contributed by atoms with E-state index in [1.165, 1.54) is 60.7 Å². The molecule has 11 heteroatoms. The number of nitrogens with zero attached hydrogens (tertiary/aromatic N) is 2. The van der Waals surface area contributed by atoms with Crippen LogP contribution in [0.5, 0.6) is 11.5 Å². The second-order valence-corrected chi connectivity index (χ2v) is 7.39. The number of amides is 2. The predicted octanol–water partition coefficient (Wildman–Crippen LogP) is 4.70. The lowest BCUT2D eigenvalue weighted by Crippen LogP contribution is -2.21. The highest BCUT2D eigenvalue weighted by Gasteiger charge is 2.14. The van der Waals surface area contributed by atoms with E-state index in [0.29, 0.717) is 5.56 Å². The van der Waals surface area contributed by atoms with Crippen LogP contribution in [0.4, 0.5) is 21.5 Å². The van der Waals surface area contributed by atoms with Crippen molar-refractivity contribution >= 4 is 35.0 Å². The highest BCUT2D eigenvalue weighted by atomic mass is 19.1. The van der Waals surface area contributed by atoms with Gasteiger partial charge in [-0.15, -0.1) is 0 Å². The Morgan fingerprint density at radius 3 is 2.54 bits per heavy atom. The van der Waals surface area contributed by atoms with Gasteiger partial charge in [0, 0.05) is 17.8 Å². The first kappa shape index (κ1) is 26.4. The van der Waals surface area contributed by atoms with E-state index in [-0.39, 0.29) is 40.7 Å². The van der Waals surface area contributed by atoms with E-state index < -0.39 is 29.2 Å². The molecule has 10 nitrogen and oxygen atoms in total. The van der Waals surface area contributed by atoms with Crippen molar-refractivity contribution in [1.29, 1.82) is 5.26 Å². The minimum absolute atomic E-state index is 0.0223. The third kappa shape index (κ3) is 7.37. The van der Waals surface area contributed by atoms with Crippen LogP contribution in [0.2, 0.25) is 0 Å². The van der Waals surface area contributed by atoms with Crippen LogP contribution < -0.4 is 20.1 Å². The minimum atomic E-state index is -0.758.